The molecular formula is C16H16N2O3S. The number of allylic oxidation sites excluding steroid dienone is 3. The third-order valence-electron chi connectivity index (χ3n) is 4.40. The summed E-state index contributed by atoms with van der Waals surface area (Å²) >= 11 is 1.34. The Balaban J connectivity index is 2.77. The van der Waals surface area contributed by atoms with Gasteiger partial charge in [0.25, 0.3) is 0 Å². The first-order valence-corrected chi connectivity index (χ1v) is 8.19. The van der Waals surface area contributed by atoms with Gasteiger partial charge in [-0.1, -0.05) is 6.92 Å². The van der Waals surface area contributed by atoms with E-state index in [1.165, 1.54) is 18.9 Å². The number of rotatable bonds is 2. The first-order valence-electron chi connectivity index (χ1n) is 6.96. The number of carbonyl (C=O) groups is 2. The number of fused-ring (bicyclic) bond motifs is 2. The highest BCUT2D eigenvalue weighted by Gasteiger charge is 2.47. The molecular weight excluding hydrogens is 300 g/mol. The number of esters is 1. The Morgan fingerprint density at radius 3 is 2.55 bits per heavy atom. The van der Waals surface area contributed by atoms with E-state index in [1.54, 1.807) is 6.26 Å². The SMILES string of the molecule is COC(=O)/C(C#N)=C1/[C@@H]2CC[C@@H](C)[C@H]1C(=O)C(C#N)=C2SC. The first kappa shape index (κ1) is 16.3. The van der Waals surface area contributed by atoms with Gasteiger partial charge < -0.3 is 4.74 Å². The van der Waals surface area contributed by atoms with Gasteiger partial charge in [0.1, 0.15) is 23.3 Å². The van der Waals surface area contributed by atoms with E-state index in [4.69, 9.17) is 4.74 Å². The number of ketones is 1. The summed E-state index contributed by atoms with van der Waals surface area (Å²) in [4.78, 5) is 25.3. The lowest BCUT2D eigenvalue weighted by Gasteiger charge is -2.41. The van der Waals surface area contributed by atoms with Crippen molar-refractivity contribution in [2.75, 3.05) is 13.4 Å². The Bertz CT molecular complexity index is 678. The minimum Gasteiger partial charge on any atom is -0.465 e. The van der Waals surface area contributed by atoms with E-state index >= 15 is 0 Å². The van der Waals surface area contributed by atoms with Crippen LogP contribution in [0.15, 0.2) is 21.6 Å². The van der Waals surface area contributed by atoms with Gasteiger partial charge in [0, 0.05) is 16.7 Å². The normalized spacial score (nSPS) is 29.5. The van der Waals surface area contributed by atoms with Crippen molar-refractivity contribution in [3.63, 3.8) is 0 Å². The predicted octanol–water partition coefficient (Wildman–Crippen LogP) is 2.37. The van der Waals surface area contributed by atoms with Crippen LogP contribution in [-0.4, -0.2) is 25.1 Å². The van der Waals surface area contributed by atoms with Crippen molar-refractivity contribution in [2.45, 2.75) is 19.8 Å². The van der Waals surface area contributed by atoms with E-state index in [-0.39, 0.29) is 28.8 Å². The van der Waals surface area contributed by atoms with E-state index in [9.17, 15) is 20.1 Å². The maximum atomic E-state index is 12.7. The molecule has 1 fully saturated rings. The fraction of sp³-hybridized carbons (Fsp3) is 0.500. The molecule has 0 aromatic rings. The average molecular weight is 316 g/mol. The number of thioether (sulfide) groups is 1. The zero-order valence-electron chi connectivity index (χ0n) is 12.7. The number of nitrogens with zero attached hydrogens (tertiary/aromatic N) is 2. The van der Waals surface area contributed by atoms with Crippen molar-refractivity contribution in [1.82, 2.24) is 0 Å². The Morgan fingerprint density at radius 1 is 1.36 bits per heavy atom. The number of hydrogen-bond acceptors (Lipinski definition) is 6. The quantitative estimate of drug-likeness (QED) is 0.441. The lowest BCUT2D eigenvalue weighted by atomic mass is 9.63. The predicted molar refractivity (Wildman–Crippen MR) is 81.2 cm³/mol. The smallest absolute Gasteiger partial charge is 0.348 e. The summed E-state index contributed by atoms with van der Waals surface area (Å²) in [5, 5.41) is 18.7. The number of ether oxygens (including phenoxy) is 1. The summed E-state index contributed by atoms with van der Waals surface area (Å²) in [5.41, 5.74) is 0.641. The van der Waals surface area contributed by atoms with Gasteiger partial charge in [-0.05, 0) is 30.6 Å². The van der Waals surface area contributed by atoms with Crippen LogP contribution in [0.5, 0.6) is 0 Å². The Hall–Kier alpha value is -2.05. The van der Waals surface area contributed by atoms with Gasteiger partial charge >= 0.3 is 5.97 Å². The standard InChI is InChI=1S/C16H16N2O3S/c1-8-4-5-9-13(10(6-17)16(20)21-2)12(8)14(19)11(7-18)15(9)22-3/h8-9,12H,4-5H2,1-3H3/b13-10-/t8-,9+,12-/m1/s1. The maximum absolute atomic E-state index is 12.7. The average Bonchev–Trinajstić information content (AvgIpc) is 2.52. The second-order valence-electron chi connectivity index (χ2n) is 5.44. The van der Waals surface area contributed by atoms with Crippen LogP contribution in [0.1, 0.15) is 19.8 Å². The van der Waals surface area contributed by atoms with Crippen molar-refractivity contribution in [1.29, 1.82) is 10.5 Å². The molecule has 0 spiro atoms. The second kappa shape index (κ2) is 6.37. The summed E-state index contributed by atoms with van der Waals surface area (Å²) in [6, 6.07) is 3.92. The minimum absolute atomic E-state index is 0.00138. The molecule has 5 nitrogen and oxygen atoms in total. The van der Waals surface area contributed by atoms with Gasteiger partial charge in [-0.3, -0.25) is 4.79 Å². The van der Waals surface area contributed by atoms with Crippen LogP contribution < -0.4 is 0 Å². The van der Waals surface area contributed by atoms with Crippen LogP contribution in [0.3, 0.4) is 0 Å². The molecule has 0 N–H and O–H groups in total. The topological polar surface area (TPSA) is 90.9 Å². The Morgan fingerprint density at radius 2 is 2.05 bits per heavy atom. The molecule has 0 unspecified atom stereocenters. The molecule has 1 saturated carbocycles. The molecule has 0 radical (unpaired) electrons. The first-order chi connectivity index (χ1) is 10.5. The summed E-state index contributed by atoms with van der Waals surface area (Å²) in [5.74, 6) is -1.77. The number of hydrogen-bond donors (Lipinski definition) is 0. The summed E-state index contributed by atoms with van der Waals surface area (Å²) in [7, 11) is 1.22. The minimum atomic E-state index is -0.713. The lowest BCUT2D eigenvalue weighted by molar-refractivity contribution is -0.135. The number of methoxy groups -OCH3 is 1. The van der Waals surface area contributed by atoms with Crippen molar-refractivity contribution in [2.24, 2.45) is 17.8 Å². The van der Waals surface area contributed by atoms with E-state index in [1.807, 2.05) is 19.1 Å². The van der Waals surface area contributed by atoms with Crippen molar-refractivity contribution in [3.8, 4) is 12.1 Å². The molecule has 0 aromatic heterocycles. The number of Topliss-reactive ketones (excluding diaryl/α,β-unsaturated/α-hetero) is 1. The fourth-order valence-electron chi connectivity index (χ4n) is 3.41. The lowest BCUT2D eigenvalue weighted by Crippen LogP contribution is -2.39. The van der Waals surface area contributed by atoms with Crippen LogP contribution in [0.4, 0.5) is 0 Å². The largest absolute Gasteiger partial charge is 0.465 e. The molecule has 0 aromatic carbocycles. The van der Waals surface area contributed by atoms with Crippen LogP contribution in [0, 0.1) is 40.4 Å². The van der Waals surface area contributed by atoms with Crippen molar-refractivity contribution >= 4 is 23.5 Å². The molecule has 0 heterocycles. The zero-order chi connectivity index (χ0) is 16.4. The van der Waals surface area contributed by atoms with E-state index in [0.29, 0.717) is 10.5 Å². The van der Waals surface area contributed by atoms with Gasteiger partial charge in [0.2, 0.25) is 0 Å². The maximum Gasteiger partial charge on any atom is 0.348 e. The van der Waals surface area contributed by atoms with Crippen molar-refractivity contribution < 1.29 is 14.3 Å². The summed E-state index contributed by atoms with van der Waals surface area (Å²) in [6.45, 7) is 1.92. The van der Waals surface area contributed by atoms with E-state index in [0.717, 1.165) is 12.8 Å². The number of carbonyl (C=O) groups excluding carboxylic acids is 2. The van der Waals surface area contributed by atoms with Crippen LogP contribution in [-0.2, 0) is 14.3 Å². The summed E-state index contributed by atoms with van der Waals surface area (Å²) < 4.78 is 4.70. The highest BCUT2D eigenvalue weighted by Crippen LogP contribution is 2.51. The highest BCUT2D eigenvalue weighted by molar-refractivity contribution is 8.02. The van der Waals surface area contributed by atoms with Gasteiger partial charge in [-0.15, -0.1) is 11.8 Å². The van der Waals surface area contributed by atoms with Gasteiger partial charge in [-0.2, -0.15) is 10.5 Å². The van der Waals surface area contributed by atoms with Crippen LogP contribution in [0.2, 0.25) is 0 Å². The molecule has 114 valence electrons. The fourth-order valence-corrected chi connectivity index (χ4v) is 4.29. The van der Waals surface area contributed by atoms with Crippen molar-refractivity contribution in [3.05, 3.63) is 21.6 Å². The highest BCUT2D eigenvalue weighted by atomic mass is 32.2. The van der Waals surface area contributed by atoms with E-state index < -0.39 is 11.9 Å². The zero-order valence-corrected chi connectivity index (χ0v) is 13.5. The molecule has 22 heavy (non-hydrogen) atoms. The van der Waals surface area contributed by atoms with Gasteiger partial charge in [-0.25, -0.2) is 4.79 Å². The molecule has 2 aliphatic carbocycles. The van der Waals surface area contributed by atoms with Gasteiger partial charge in [0.15, 0.2) is 5.78 Å². The number of nitriles is 2. The van der Waals surface area contributed by atoms with Crippen LogP contribution in [0.25, 0.3) is 0 Å². The second-order valence-corrected chi connectivity index (χ2v) is 6.29. The Kier molecular flexibility index (Phi) is 4.73. The third kappa shape index (κ3) is 2.34. The molecule has 2 bridgehead atoms. The third-order valence-corrected chi connectivity index (χ3v) is 5.33. The molecule has 2 rings (SSSR count). The van der Waals surface area contributed by atoms with Gasteiger partial charge in [0.05, 0.1) is 7.11 Å². The van der Waals surface area contributed by atoms with Crippen LogP contribution >= 0.6 is 11.8 Å². The molecule has 0 aliphatic heterocycles. The Labute approximate surface area is 133 Å². The molecule has 2 aliphatic rings. The molecule has 0 amide bonds. The molecule has 6 heteroatoms. The summed E-state index contributed by atoms with van der Waals surface area (Å²) in [6.07, 6.45) is 3.36. The molecule has 0 saturated heterocycles. The molecule has 3 atom stereocenters. The van der Waals surface area contributed by atoms with E-state index in [2.05, 4.69) is 0 Å². The monoisotopic (exact) mass is 316 g/mol.